The van der Waals surface area contributed by atoms with Gasteiger partial charge in [0.05, 0.1) is 5.25 Å². The molecule has 6 nitrogen and oxygen atoms in total. The number of hydrogen-bond donors (Lipinski definition) is 1. The van der Waals surface area contributed by atoms with Crippen molar-refractivity contribution in [3.63, 3.8) is 0 Å². The second kappa shape index (κ2) is 9.41. The summed E-state index contributed by atoms with van der Waals surface area (Å²) in [5.74, 6) is 0.982. The van der Waals surface area contributed by atoms with Crippen LogP contribution < -0.4 is 10.1 Å². The van der Waals surface area contributed by atoms with E-state index in [-0.39, 0.29) is 23.1 Å². The van der Waals surface area contributed by atoms with Crippen LogP contribution in [0.2, 0.25) is 0 Å². The van der Waals surface area contributed by atoms with Gasteiger partial charge in [-0.15, -0.1) is 10.2 Å². The monoisotopic (exact) mass is 406 g/mol. The van der Waals surface area contributed by atoms with E-state index < -0.39 is 0 Å². The average molecular weight is 407 g/mol. The second-order valence-electron chi connectivity index (χ2n) is 7.05. The molecule has 1 aliphatic carbocycles. The molecule has 2 atom stereocenters. The number of ether oxygens (including phenoxy) is 1. The van der Waals surface area contributed by atoms with Gasteiger partial charge in [-0.2, -0.15) is 0 Å². The first-order valence-corrected chi connectivity index (χ1v) is 10.7. The first-order valence-electron chi connectivity index (χ1n) is 9.80. The van der Waals surface area contributed by atoms with E-state index in [2.05, 4.69) is 15.5 Å². The van der Waals surface area contributed by atoms with Gasteiger partial charge < -0.3 is 14.6 Å². The number of rotatable bonds is 8. The summed E-state index contributed by atoms with van der Waals surface area (Å²) < 4.78 is 20.9. The van der Waals surface area contributed by atoms with E-state index in [0.29, 0.717) is 29.3 Å². The quantitative estimate of drug-likeness (QED) is 0.668. The van der Waals surface area contributed by atoms with Crippen molar-refractivity contribution >= 4 is 17.7 Å². The summed E-state index contributed by atoms with van der Waals surface area (Å²) in [5, 5.41) is 12.1. The van der Waals surface area contributed by atoms with Gasteiger partial charge in [0, 0.05) is 12.6 Å². The zero-order valence-corrected chi connectivity index (χ0v) is 17.3. The molecule has 1 aliphatic rings. The van der Waals surface area contributed by atoms with Gasteiger partial charge in [-0.1, -0.05) is 24.6 Å². The summed E-state index contributed by atoms with van der Waals surface area (Å²) in [5.41, 5.74) is 0. The number of halogens is 1. The number of nitrogens with one attached hydrogen (secondary N) is 1. The number of amides is 1. The summed E-state index contributed by atoms with van der Waals surface area (Å²) in [6, 6.07) is 6.20. The summed E-state index contributed by atoms with van der Waals surface area (Å²) >= 11 is 1.40. The molecule has 2 aromatic rings. The van der Waals surface area contributed by atoms with Crippen molar-refractivity contribution in [2.24, 2.45) is 0 Å². The Bertz CT molecular complexity index is 790. The van der Waals surface area contributed by atoms with Crippen molar-refractivity contribution < 1.29 is 13.9 Å². The van der Waals surface area contributed by atoms with Crippen molar-refractivity contribution in [1.29, 1.82) is 0 Å². The van der Waals surface area contributed by atoms with Crippen molar-refractivity contribution in [2.45, 2.75) is 75.6 Å². The number of hydrogen-bond acceptors (Lipinski definition) is 5. The van der Waals surface area contributed by atoms with E-state index >= 15 is 0 Å². The zero-order chi connectivity index (χ0) is 20.1. The van der Waals surface area contributed by atoms with Crippen LogP contribution in [0, 0.1) is 5.82 Å². The maximum Gasteiger partial charge on any atom is 0.233 e. The first kappa shape index (κ1) is 20.6. The summed E-state index contributed by atoms with van der Waals surface area (Å²) in [4.78, 5) is 12.5. The molecular weight excluding hydrogens is 379 g/mol. The topological polar surface area (TPSA) is 69.0 Å². The van der Waals surface area contributed by atoms with E-state index in [1.807, 2.05) is 25.3 Å². The Kier molecular flexibility index (Phi) is 6.93. The standard InChI is InChI=1S/C20H27FN4O2S/c1-4-25-18(13(2)27-17-11-9-15(21)10-12-17)23-24-20(25)28-14(3)19(26)22-16-7-5-6-8-16/h9-14,16H,4-8H2,1-3H3,(H,22,26). The Labute approximate surface area is 169 Å². The Balaban J connectivity index is 1.65. The minimum absolute atomic E-state index is 0.0414. The van der Waals surface area contributed by atoms with Gasteiger partial charge in [-0.3, -0.25) is 4.79 Å². The molecule has 0 aliphatic heterocycles. The third kappa shape index (κ3) is 5.04. The van der Waals surface area contributed by atoms with Crippen LogP contribution in [-0.2, 0) is 11.3 Å². The molecule has 1 heterocycles. The van der Waals surface area contributed by atoms with Crippen LogP contribution in [0.15, 0.2) is 29.4 Å². The van der Waals surface area contributed by atoms with E-state index in [1.54, 1.807) is 12.1 Å². The fraction of sp³-hybridized carbons (Fsp3) is 0.550. The van der Waals surface area contributed by atoms with Crippen LogP contribution in [0.25, 0.3) is 0 Å². The molecule has 0 radical (unpaired) electrons. The fourth-order valence-corrected chi connectivity index (χ4v) is 4.28. The Morgan fingerprint density at radius 1 is 1.29 bits per heavy atom. The number of thioether (sulfide) groups is 1. The van der Waals surface area contributed by atoms with Crippen LogP contribution in [0.5, 0.6) is 5.75 Å². The van der Waals surface area contributed by atoms with Crippen molar-refractivity contribution in [2.75, 3.05) is 0 Å². The lowest BCUT2D eigenvalue weighted by Gasteiger charge is -2.17. The second-order valence-corrected chi connectivity index (χ2v) is 8.36. The number of carbonyl (C=O) groups is 1. The zero-order valence-electron chi connectivity index (χ0n) is 16.5. The van der Waals surface area contributed by atoms with Crippen LogP contribution in [0.3, 0.4) is 0 Å². The van der Waals surface area contributed by atoms with Crippen molar-refractivity contribution in [3.8, 4) is 5.75 Å². The molecule has 8 heteroatoms. The van der Waals surface area contributed by atoms with E-state index in [4.69, 9.17) is 4.74 Å². The minimum Gasteiger partial charge on any atom is -0.483 e. The SMILES string of the molecule is CCn1c(SC(C)C(=O)NC2CCCC2)nnc1C(C)Oc1ccc(F)cc1. The first-order chi connectivity index (χ1) is 13.5. The molecule has 0 bridgehead atoms. The molecule has 0 saturated heterocycles. The van der Waals surface area contributed by atoms with Crippen molar-refractivity contribution in [3.05, 3.63) is 35.9 Å². The van der Waals surface area contributed by atoms with Gasteiger partial charge in [-0.25, -0.2) is 4.39 Å². The molecule has 1 aromatic carbocycles. The third-order valence-electron chi connectivity index (χ3n) is 4.90. The van der Waals surface area contributed by atoms with E-state index in [0.717, 1.165) is 12.8 Å². The number of aromatic nitrogens is 3. The van der Waals surface area contributed by atoms with Crippen LogP contribution >= 0.6 is 11.8 Å². The molecule has 0 spiro atoms. The predicted octanol–water partition coefficient (Wildman–Crippen LogP) is 4.12. The highest BCUT2D eigenvalue weighted by atomic mass is 32.2. The molecule has 3 rings (SSSR count). The van der Waals surface area contributed by atoms with Crippen LogP contribution in [0.4, 0.5) is 4.39 Å². The third-order valence-corrected chi connectivity index (χ3v) is 5.99. The molecule has 2 unspecified atom stereocenters. The lowest BCUT2D eigenvalue weighted by molar-refractivity contribution is -0.120. The van der Waals surface area contributed by atoms with Gasteiger partial charge >= 0.3 is 0 Å². The van der Waals surface area contributed by atoms with Crippen LogP contribution in [-0.4, -0.2) is 32.0 Å². The highest BCUT2D eigenvalue weighted by Crippen LogP contribution is 2.27. The van der Waals surface area contributed by atoms with Gasteiger partial charge in [-0.05, 0) is 57.9 Å². The van der Waals surface area contributed by atoms with E-state index in [9.17, 15) is 9.18 Å². The largest absolute Gasteiger partial charge is 0.483 e. The van der Waals surface area contributed by atoms with Crippen LogP contribution in [0.1, 0.15) is 58.4 Å². The highest BCUT2D eigenvalue weighted by Gasteiger charge is 2.25. The fourth-order valence-electron chi connectivity index (χ4n) is 3.36. The van der Waals surface area contributed by atoms with E-state index in [1.165, 1.54) is 36.7 Å². The molecule has 1 N–H and O–H groups in total. The predicted molar refractivity (Wildman–Crippen MR) is 107 cm³/mol. The summed E-state index contributed by atoms with van der Waals surface area (Å²) in [7, 11) is 0. The summed E-state index contributed by atoms with van der Waals surface area (Å²) in [6.07, 6.45) is 4.15. The number of benzene rings is 1. The Hall–Kier alpha value is -2.09. The molecule has 152 valence electrons. The van der Waals surface area contributed by atoms with Gasteiger partial charge in [0.25, 0.3) is 0 Å². The molecule has 28 heavy (non-hydrogen) atoms. The van der Waals surface area contributed by atoms with Gasteiger partial charge in [0.15, 0.2) is 17.1 Å². The smallest absolute Gasteiger partial charge is 0.233 e. The minimum atomic E-state index is -0.352. The Morgan fingerprint density at radius 3 is 2.61 bits per heavy atom. The van der Waals surface area contributed by atoms with Crippen molar-refractivity contribution in [1.82, 2.24) is 20.1 Å². The molecular formula is C20H27FN4O2S. The number of carbonyl (C=O) groups excluding carboxylic acids is 1. The molecule has 1 saturated carbocycles. The molecule has 1 amide bonds. The highest BCUT2D eigenvalue weighted by molar-refractivity contribution is 8.00. The van der Waals surface area contributed by atoms with Gasteiger partial charge in [0.2, 0.25) is 5.91 Å². The Morgan fingerprint density at radius 2 is 1.96 bits per heavy atom. The number of nitrogens with zero attached hydrogens (tertiary/aromatic N) is 3. The summed E-state index contributed by atoms with van der Waals surface area (Å²) in [6.45, 7) is 6.44. The lowest BCUT2D eigenvalue weighted by atomic mass is 10.2. The maximum absolute atomic E-state index is 13.1. The lowest BCUT2D eigenvalue weighted by Crippen LogP contribution is -2.37. The molecule has 1 aromatic heterocycles. The normalized spacial score (nSPS) is 16.7. The van der Waals surface area contributed by atoms with Gasteiger partial charge in [0.1, 0.15) is 11.6 Å². The maximum atomic E-state index is 13.1. The molecule has 1 fully saturated rings. The average Bonchev–Trinajstić information content (AvgIpc) is 3.33.